The van der Waals surface area contributed by atoms with Crippen molar-refractivity contribution in [3.05, 3.63) is 52.5 Å². The molecular formula is C14H14N4S. The van der Waals surface area contributed by atoms with E-state index >= 15 is 0 Å². The van der Waals surface area contributed by atoms with E-state index in [9.17, 15) is 0 Å². The topological polar surface area (TPSA) is 56.7 Å². The van der Waals surface area contributed by atoms with Gasteiger partial charge in [0.2, 0.25) is 0 Å². The molecule has 0 spiro atoms. The van der Waals surface area contributed by atoms with Gasteiger partial charge in [0.1, 0.15) is 0 Å². The molecule has 2 N–H and O–H groups in total. The molecule has 0 aliphatic carbocycles. The minimum atomic E-state index is 0.790. The Labute approximate surface area is 115 Å². The molecule has 0 amide bonds. The number of anilines is 1. The molecule has 1 aromatic carbocycles. The molecule has 2 aromatic heterocycles. The van der Waals surface area contributed by atoms with E-state index in [4.69, 9.17) is 5.73 Å². The standard InChI is InChI=1S/C14H14N4S/c1-18-13(6-7-16-18)12-9-19-14(17-12)8-10-2-4-11(15)5-3-10/h2-7,9H,8,15H2,1H3. The summed E-state index contributed by atoms with van der Waals surface area (Å²) in [6, 6.07) is 9.90. The number of rotatable bonds is 3. The van der Waals surface area contributed by atoms with E-state index in [-0.39, 0.29) is 0 Å². The third-order valence-corrected chi connectivity index (χ3v) is 3.82. The summed E-state index contributed by atoms with van der Waals surface area (Å²) < 4.78 is 1.84. The van der Waals surface area contributed by atoms with E-state index < -0.39 is 0 Å². The van der Waals surface area contributed by atoms with Gasteiger partial charge in [-0.25, -0.2) is 4.98 Å². The number of aryl methyl sites for hydroxylation is 1. The lowest BCUT2D eigenvalue weighted by atomic mass is 10.1. The van der Waals surface area contributed by atoms with E-state index in [1.54, 1.807) is 17.5 Å². The highest BCUT2D eigenvalue weighted by molar-refractivity contribution is 7.10. The van der Waals surface area contributed by atoms with Crippen LogP contribution in [0.5, 0.6) is 0 Å². The highest BCUT2D eigenvalue weighted by Gasteiger charge is 2.08. The molecular weight excluding hydrogens is 256 g/mol. The van der Waals surface area contributed by atoms with Gasteiger partial charge in [-0.15, -0.1) is 11.3 Å². The Morgan fingerprint density at radius 2 is 2.00 bits per heavy atom. The van der Waals surface area contributed by atoms with Crippen LogP contribution in [0.4, 0.5) is 5.69 Å². The van der Waals surface area contributed by atoms with Crippen LogP contribution in [0.1, 0.15) is 10.6 Å². The van der Waals surface area contributed by atoms with Crippen LogP contribution in [0, 0.1) is 0 Å². The van der Waals surface area contributed by atoms with E-state index in [1.807, 2.05) is 42.1 Å². The van der Waals surface area contributed by atoms with Crippen molar-refractivity contribution >= 4 is 17.0 Å². The number of hydrogen-bond acceptors (Lipinski definition) is 4. The molecule has 4 nitrogen and oxygen atoms in total. The molecule has 0 unspecified atom stereocenters. The molecule has 0 saturated carbocycles. The summed E-state index contributed by atoms with van der Waals surface area (Å²) in [7, 11) is 1.92. The van der Waals surface area contributed by atoms with E-state index in [0.29, 0.717) is 0 Å². The molecule has 0 aliphatic heterocycles. The second-order valence-corrected chi connectivity index (χ2v) is 5.33. The Hall–Kier alpha value is -2.14. The van der Waals surface area contributed by atoms with Crippen molar-refractivity contribution in [3.63, 3.8) is 0 Å². The van der Waals surface area contributed by atoms with Gasteiger partial charge in [-0.1, -0.05) is 12.1 Å². The van der Waals surface area contributed by atoms with Crippen LogP contribution in [0.3, 0.4) is 0 Å². The maximum Gasteiger partial charge on any atom is 0.0995 e. The third-order valence-electron chi connectivity index (χ3n) is 2.97. The molecule has 96 valence electrons. The molecule has 2 heterocycles. The lowest BCUT2D eigenvalue weighted by Gasteiger charge is -1.99. The number of nitrogens with two attached hydrogens (primary N) is 1. The first-order chi connectivity index (χ1) is 9.22. The fourth-order valence-electron chi connectivity index (χ4n) is 1.94. The highest BCUT2D eigenvalue weighted by atomic mass is 32.1. The quantitative estimate of drug-likeness (QED) is 0.744. The summed E-state index contributed by atoms with van der Waals surface area (Å²) in [5.41, 5.74) is 9.72. The Morgan fingerprint density at radius 3 is 2.68 bits per heavy atom. The predicted molar refractivity (Wildman–Crippen MR) is 78.0 cm³/mol. The SMILES string of the molecule is Cn1nccc1-c1csc(Cc2ccc(N)cc2)n1. The number of thiazole rings is 1. The smallest absolute Gasteiger partial charge is 0.0995 e. The fraction of sp³-hybridized carbons (Fsp3) is 0.143. The monoisotopic (exact) mass is 270 g/mol. The number of hydrogen-bond donors (Lipinski definition) is 1. The lowest BCUT2D eigenvalue weighted by molar-refractivity contribution is 0.773. The minimum Gasteiger partial charge on any atom is -0.399 e. The zero-order chi connectivity index (χ0) is 13.2. The van der Waals surface area contributed by atoms with Crippen molar-refractivity contribution in [3.8, 4) is 11.4 Å². The van der Waals surface area contributed by atoms with Gasteiger partial charge in [-0.05, 0) is 23.8 Å². The number of aromatic nitrogens is 3. The average molecular weight is 270 g/mol. The maximum atomic E-state index is 5.68. The second kappa shape index (κ2) is 4.85. The van der Waals surface area contributed by atoms with Crippen molar-refractivity contribution < 1.29 is 0 Å². The molecule has 0 fully saturated rings. The zero-order valence-electron chi connectivity index (χ0n) is 10.6. The van der Waals surface area contributed by atoms with Crippen LogP contribution < -0.4 is 5.73 Å². The molecule has 0 atom stereocenters. The number of nitrogens with zero attached hydrogens (tertiary/aromatic N) is 3. The van der Waals surface area contributed by atoms with Gasteiger partial charge >= 0.3 is 0 Å². The van der Waals surface area contributed by atoms with Gasteiger partial charge in [-0.2, -0.15) is 5.10 Å². The van der Waals surface area contributed by atoms with Crippen LogP contribution in [-0.4, -0.2) is 14.8 Å². The van der Waals surface area contributed by atoms with Crippen LogP contribution in [-0.2, 0) is 13.5 Å². The first-order valence-corrected chi connectivity index (χ1v) is 6.87. The Bertz CT molecular complexity index is 682. The van der Waals surface area contributed by atoms with Gasteiger partial charge in [0.05, 0.1) is 16.4 Å². The molecule has 0 aliphatic rings. The molecule has 19 heavy (non-hydrogen) atoms. The van der Waals surface area contributed by atoms with Crippen molar-refractivity contribution in [2.45, 2.75) is 6.42 Å². The molecule has 5 heteroatoms. The van der Waals surface area contributed by atoms with E-state index in [0.717, 1.165) is 28.5 Å². The van der Waals surface area contributed by atoms with Gasteiger partial charge in [-0.3, -0.25) is 4.68 Å². The molecule has 0 radical (unpaired) electrons. The first kappa shape index (κ1) is 11.9. The van der Waals surface area contributed by atoms with Gasteiger partial charge < -0.3 is 5.73 Å². The summed E-state index contributed by atoms with van der Waals surface area (Å²) >= 11 is 1.67. The van der Waals surface area contributed by atoms with Crippen LogP contribution >= 0.6 is 11.3 Å². The maximum absolute atomic E-state index is 5.68. The van der Waals surface area contributed by atoms with Crippen LogP contribution in [0.25, 0.3) is 11.4 Å². The predicted octanol–water partition coefficient (Wildman–Crippen LogP) is 2.72. The normalized spacial score (nSPS) is 10.8. The lowest BCUT2D eigenvalue weighted by Crippen LogP contribution is -1.94. The van der Waals surface area contributed by atoms with Crippen LogP contribution in [0.15, 0.2) is 41.9 Å². The average Bonchev–Trinajstić information content (AvgIpc) is 3.01. The van der Waals surface area contributed by atoms with Crippen molar-refractivity contribution in [2.24, 2.45) is 7.05 Å². The van der Waals surface area contributed by atoms with Crippen LogP contribution in [0.2, 0.25) is 0 Å². The van der Waals surface area contributed by atoms with Crippen molar-refractivity contribution in [1.82, 2.24) is 14.8 Å². The van der Waals surface area contributed by atoms with Crippen molar-refractivity contribution in [2.75, 3.05) is 5.73 Å². The minimum absolute atomic E-state index is 0.790. The van der Waals surface area contributed by atoms with Gasteiger partial charge in [0.15, 0.2) is 0 Å². The Morgan fingerprint density at radius 1 is 1.21 bits per heavy atom. The van der Waals surface area contributed by atoms with E-state index in [2.05, 4.69) is 15.5 Å². The molecule has 3 aromatic rings. The molecule has 0 saturated heterocycles. The summed E-state index contributed by atoms with van der Waals surface area (Å²) in [5.74, 6) is 0. The number of nitrogen functional groups attached to an aromatic ring is 1. The van der Waals surface area contributed by atoms with Crippen molar-refractivity contribution in [1.29, 1.82) is 0 Å². The van der Waals surface area contributed by atoms with E-state index in [1.165, 1.54) is 5.56 Å². The largest absolute Gasteiger partial charge is 0.399 e. The summed E-state index contributed by atoms with van der Waals surface area (Å²) in [6.45, 7) is 0. The third kappa shape index (κ3) is 2.51. The van der Waals surface area contributed by atoms with Gasteiger partial charge in [0, 0.05) is 30.7 Å². The fourth-order valence-corrected chi connectivity index (χ4v) is 2.77. The zero-order valence-corrected chi connectivity index (χ0v) is 11.4. The summed E-state index contributed by atoms with van der Waals surface area (Å²) in [5, 5.41) is 7.33. The summed E-state index contributed by atoms with van der Waals surface area (Å²) in [4.78, 5) is 4.66. The Kier molecular flexibility index (Phi) is 3.05. The Balaban J connectivity index is 1.82. The number of benzene rings is 1. The first-order valence-electron chi connectivity index (χ1n) is 5.99. The van der Waals surface area contributed by atoms with Gasteiger partial charge in [0.25, 0.3) is 0 Å². The second-order valence-electron chi connectivity index (χ2n) is 4.38. The highest BCUT2D eigenvalue weighted by Crippen LogP contribution is 2.23. The molecule has 0 bridgehead atoms. The summed E-state index contributed by atoms with van der Waals surface area (Å²) in [6.07, 6.45) is 2.62. The molecule has 3 rings (SSSR count).